The van der Waals surface area contributed by atoms with Crippen LogP contribution in [0.3, 0.4) is 0 Å². The molecule has 1 saturated heterocycles. The number of primary amides is 1. The monoisotopic (exact) mass is 495 g/mol. The molecule has 2 aliphatic heterocycles. The molecule has 3 aromatic heterocycles. The summed E-state index contributed by atoms with van der Waals surface area (Å²) in [6.07, 6.45) is 6.96. The standard InChI is InChI=1S/C28H29N7O.CH4/c29-16-22-21-10-13-33(12-7-19-4-3-11-31-17-19)18-23(21)28(34-14-8-20(9-15-34)26(30)36)35-25-6-2-1-5-24(25)32-27(22)35;/h1-6,11,17,20H,7-10,12-15,18H2,(H2,30,36);1H4. The van der Waals surface area contributed by atoms with Crippen molar-refractivity contribution in [3.63, 3.8) is 0 Å². The van der Waals surface area contributed by atoms with E-state index < -0.39 is 0 Å². The molecule has 0 unspecified atom stereocenters. The maximum atomic E-state index is 11.8. The lowest BCUT2D eigenvalue weighted by atomic mass is 9.92. The Morgan fingerprint density at radius 2 is 1.92 bits per heavy atom. The first-order valence-electron chi connectivity index (χ1n) is 12.6. The average Bonchev–Trinajstić information content (AvgIpc) is 3.30. The van der Waals surface area contributed by atoms with Gasteiger partial charge in [0.05, 0.1) is 16.6 Å². The lowest BCUT2D eigenvalue weighted by Crippen LogP contribution is -2.41. The molecule has 8 heteroatoms. The summed E-state index contributed by atoms with van der Waals surface area (Å²) in [6.45, 7) is 4.12. The van der Waals surface area contributed by atoms with Gasteiger partial charge in [-0.1, -0.05) is 25.6 Å². The van der Waals surface area contributed by atoms with E-state index in [9.17, 15) is 10.1 Å². The molecule has 1 aromatic carbocycles. The predicted molar refractivity (Wildman–Crippen MR) is 145 cm³/mol. The summed E-state index contributed by atoms with van der Waals surface area (Å²) in [5, 5.41) is 10.2. The Labute approximate surface area is 217 Å². The van der Waals surface area contributed by atoms with E-state index in [1.165, 1.54) is 11.1 Å². The van der Waals surface area contributed by atoms with Crippen LogP contribution in [-0.2, 0) is 24.2 Å². The third kappa shape index (κ3) is 4.40. The Balaban J connectivity index is 0.00000280. The van der Waals surface area contributed by atoms with Crippen LogP contribution >= 0.6 is 0 Å². The number of carbonyl (C=O) groups excluding carboxylic acids is 1. The van der Waals surface area contributed by atoms with Gasteiger partial charge in [0.2, 0.25) is 5.91 Å². The van der Waals surface area contributed by atoms with Gasteiger partial charge in [-0.2, -0.15) is 5.26 Å². The van der Waals surface area contributed by atoms with Crippen LogP contribution in [0.15, 0.2) is 48.8 Å². The molecule has 0 bridgehead atoms. The van der Waals surface area contributed by atoms with E-state index in [0.29, 0.717) is 5.56 Å². The van der Waals surface area contributed by atoms with Gasteiger partial charge in [-0.05, 0) is 55.0 Å². The molecule has 0 radical (unpaired) electrons. The number of fused-ring (bicyclic) bond motifs is 4. The number of hydrogen-bond donors (Lipinski definition) is 1. The van der Waals surface area contributed by atoms with Crippen LogP contribution in [0.2, 0.25) is 0 Å². The third-order valence-corrected chi connectivity index (χ3v) is 7.74. The van der Waals surface area contributed by atoms with E-state index >= 15 is 0 Å². The number of rotatable bonds is 5. The summed E-state index contributed by atoms with van der Waals surface area (Å²) in [4.78, 5) is 25.8. The molecule has 2 N–H and O–H groups in total. The van der Waals surface area contributed by atoms with Gasteiger partial charge in [0.1, 0.15) is 11.9 Å². The molecule has 0 saturated carbocycles. The number of anilines is 1. The van der Waals surface area contributed by atoms with Crippen molar-refractivity contribution >= 4 is 28.4 Å². The fraction of sp³-hybridized carbons (Fsp3) is 0.379. The summed E-state index contributed by atoms with van der Waals surface area (Å²) in [5.74, 6) is 0.819. The fourth-order valence-corrected chi connectivity index (χ4v) is 5.83. The molecule has 0 atom stereocenters. The minimum Gasteiger partial charge on any atom is -0.369 e. The van der Waals surface area contributed by atoms with Crippen LogP contribution in [0.1, 0.15) is 42.5 Å². The van der Waals surface area contributed by atoms with Crippen molar-refractivity contribution in [3.8, 4) is 6.07 Å². The third-order valence-electron chi connectivity index (χ3n) is 7.74. The summed E-state index contributed by atoms with van der Waals surface area (Å²) in [5.41, 5.74) is 12.5. The molecule has 6 rings (SSSR count). The normalized spacial score (nSPS) is 16.4. The van der Waals surface area contributed by atoms with Gasteiger partial charge in [-0.25, -0.2) is 4.98 Å². The Morgan fingerprint density at radius 3 is 2.65 bits per heavy atom. The molecular weight excluding hydrogens is 462 g/mol. The zero-order valence-electron chi connectivity index (χ0n) is 20.2. The molecule has 1 amide bonds. The zero-order valence-corrected chi connectivity index (χ0v) is 20.2. The molecule has 2 aliphatic rings. The smallest absolute Gasteiger partial charge is 0.220 e. The Kier molecular flexibility index (Phi) is 6.81. The minimum atomic E-state index is -0.212. The van der Waals surface area contributed by atoms with Gasteiger partial charge in [0.15, 0.2) is 5.65 Å². The maximum Gasteiger partial charge on any atom is 0.220 e. The first-order chi connectivity index (χ1) is 17.6. The number of nitrogens with zero attached hydrogens (tertiary/aromatic N) is 6. The molecule has 5 heterocycles. The second kappa shape index (κ2) is 10.2. The van der Waals surface area contributed by atoms with Crippen LogP contribution in [-0.4, -0.2) is 51.4 Å². The number of imidazole rings is 1. The van der Waals surface area contributed by atoms with Gasteiger partial charge in [0.25, 0.3) is 0 Å². The molecule has 4 aromatic rings. The molecule has 0 aliphatic carbocycles. The number of para-hydroxylation sites is 2. The quantitative estimate of drug-likeness (QED) is 0.453. The van der Waals surface area contributed by atoms with Crippen LogP contribution in [0.5, 0.6) is 0 Å². The predicted octanol–water partition coefficient (Wildman–Crippen LogP) is 3.69. The Hall–Kier alpha value is -3.96. The second-order valence-electron chi connectivity index (χ2n) is 9.83. The van der Waals surface area contributed by atoms with Crippen molar-refractivity contribution in [2.75, 3.05) is 31.1 Å². The van der Waals surface area contributed by atoms with E-state index in [2.05, 4.69) is 37.4 Å². The van der Waals surface area contributed by atoms with Crippen molar-refractivity contribution < 1.29 is 4.79 Å². The Bertz CT molecular complexity index is 1480. The first kappa shape index (κ1) is 24.7. The molecule has 0 spiro atoms. The number of aromatic nitrogens is 3. The lowest BCUT2D eigenvalue weighted by molar-refractivity contribution is -0.122. The maximum absolute atomic E-state index is 11.8. The average molecular weight is 496 g/mol. The highest BCUT2D eigenvalue weighted by Crippen LogP contribution is 2.38. The first-order valence-corrected chi connectivity index (χ1v) is 12.6. The number of nitrogens with two attached hydrogens (primary N) is 1. The number of benzene rings is 1. The highest BCUT2D eigenvalue weighted by atomic mass is 16.1. The molecule has 8 nitrogen and oxygen atoms in total. The summed E-state index contributed by atoms with van der Waals surface area (Å²) in [6, 6.07) is 14.7. The Morgan fingerprint density at radius 1 is 1.11 bits per heavy atom. The van der Waals surface area contributed by atoms with Crippen LogP contribution in [0.25, 0.3) is 16.7 Å². The highest BCUT2D eigenvalue weighted by molar-refractivity contribution is 5.86. The molecule has 190 valence electrons. The van der Waals surface area contributed by atoms with E-state index in [1.807, 2.05) is 30.5 Å². The number of hydrogen-bond acceptors (Lipinski definition) is 6. The van der Waals surface area contributed by atoms with E-state index in [1.54, 1.807) is 6.20 Å². The number of carbonyl (C=O) groups is 1. The van der Waals surface area contributed by atoms with E-state index in [0.717, 1.165) is 86.5 Å². The largest absolute Gasteiger partial charge is 0.369 e. The van der Waals surface area contributed by atoms with Crippen molar-refractivity contribution in [1.29, 1.82) is 5.26 Å². The van der Waals surface area contributed by atoms with Crippen molar-refractivity contribution in [1.82, 2.24) is 19.3 Å². The zero-order chi connectivity index (χ0) is 24.6. The lowest BCUT2D eigenvalue weighted by Gasteiger charge is -2.38. The topological polar surface area (TPSA) is 104 Å². The number of piperidine rings is 1. The number of nitriles is 1. The van der Waals surface area contributed by atoms with E-state index in [4.69, 9.17) is 10.7 Å². The number of pyridine rings is 2. The van der Waals surface area contributed by atoms with Crippen LogP contribution in [0, 0.1) is 17.2 Å². The molecule has 37 heavy (non-hydrogen) atoms. The highest BCUT2D eigenvalue weighted by Gasteiger charge is 2.32. The summed E-state index contributed by atoms with van der Waals surface area (Å²) < 4.78 is 2.18. The molecule has 1 fully saturated rings. The SMILES string of the molecule is C.N#Cc1c2c(c(N3CCC(C(N)=O)CC3)n3c1nc1ccccc13)CN(CCc1cccnc1)CC2. The van der Waals surface area contributed by atoms with Crippen molar-refractivity contribution in [2.24, 2.45) is 11.7 Å². The number of amides is 1. The van der Waals surface area contributed by atoms with Gasteiger partial charge < -0.3 is 10.6 Å². The molecular formula is C29H33N7O. The minimum absolute atomic E-state index is 0. The summed E-state index contributed by atoms with van der Waals surface area (Å²) >= 11 is 0. The van der Waals surface area contributed by atoms with Crippen LogP contribution < -0.4 is 10.6 Å². The van der Waals surface area contributed by atoms with Gasteiger partial charge in [0, 0.05) is 56.6 Å². The van der Waals surface area contributed by atoms with Crippen molar-refractivity contribution in [3.05, 3.63) is 71.0 Å². The fourth-order valence-electron chi connectivity index (χ4n) is 5.83. The van der Waals surface area contributed by atoms with Gasteiger partial charge >= 0.3 is 0 Å². The summed E-state index contributed by atoms with van der Waals surface area (Å²) in [7, 11) is 0. The second-order valence-corrected chi connectivity index (χ2v) is 9.83. The van der Waals surface area contributed by atoms with Gasteiger partial charge in [-0.3, -0.25) is 19.1 Å². The van der Waals surface area contributed by atoms with E-state index in [-0.39, 0.29) is 19.3 Å². The van der Waals surface area contributed by atoms with Crippen molar-refractivity contribution in [2.45, 2.75) is 39.7 Å². The van der Waals surface area contributed by atoms with Gasteiger partial charge in [-0.15, -0.1) is 0 Å². The van der Waals surface area contributed by atoms with Crippen LogP contribution in [0.4, 0.5) is 5.82 Å².